The van der Waals surface area contributed by atoms with Crippen LogP contribution in [-0.2, 0) is 4.79 Å². The molecule has 0 aliphatic carbocycles. The van der Waals surface area contributed by atoms with Gasteiger partial charge in [-0.3, -0.25) is 4.79 Å². The van der Waals surface area contributed by atoms with Crippen molar-refractivity contribution in [3.05, 3.63) is 0 Å². The van der Waals surface area contributed by atoms with Crippen molar-refractivity contribution in [1.82, 2.24) is 0 Å². The first-order valence-corrected chi connectivity index (χ1v) is 11.1. The number of aliphatic hydroxyl groups excluding tert-OH is 2. The van der Waals surface area contributed by atoms with Crippen molar-refractivity contribution in [2.45, 2.75) is 128 Å². The van der Waals surface area contributed by atoms with Crippen molar-refractivity contribution in [2.24, 2.45) is 0 Å². The monoisotopic (exact) mass is 424 g/mol. The van der Waals surface area contributed by atoms with E-state index in [9.17, 15) is 4.79 Å². The Bertz CT molecular complexity index is 355. The Balaban J connectivity index is 0. The van der Waals surface area contributed by atoms with Crippen molar-refractivity contribution in [2.75, 3.05) is 0 Å². The number of aliphatic hydroxyl groups is 6. The van der Waals surface area contributed by atoms with E-state index in [1.807, 2.05) is 0 Å². The summed E-state index contributed by atoms with van der Waals surface area (Å²) < 4.78 is 0. The molecule has 176 valence electrons. The van der Waals surface area contributed by atoms with E-state index in [0.29, 0.717) is 6.42 Å². The lowest BCUT2D eigenvalue weighted by Gasteiger charge is -2.21. The number of hydrogen-bond donors (Lipinski definition) is 7. The van der Waals surface area contributed by atoms with Gasteiger partial charge in [-0.1, -0.05) is 96.8 Å². The third-order valence-corrected chi connectivity index (χ3v) is 4.67. The SMILES string of the molecule is CCCCCCCCCCCCCCCCCC(=O)O.OC(O)C(O)C(O)(O)O. The third kappa shape index (κ3) is 25.2. The predicted molar refractivity (Wildman–Crippen MR) is 111 cm³/mol. The predicted octanol–water partition coefficient (Wildman–Crippen LogP) is 2.62. The minimum Gasteiger partial charge on any atom is -0.481 e. The molecule has 8 nitrogen and oxygen atoms in total. The van der Waals surface area contributed by atoms with Gasteiger partial charge in [0.15, 0.2) is 12.4 Å². The quantitative estimate of drug-likeness (QED) is 0.131. The van der Waals surface area contributed by atoms with Gasteiger partial charge in [-0.15, -0.1) is 0 Å². The lowest BCUT2D eigenvalue weighted by molar-refractivity contribution is -0.381. The number of carboxylic acids is 1. The van der Waals surface area contributed by atoms with E-state index in [1.165, 1.54) is 83.5 Å². The molecule has 0 aromatic carbocycles. The zero-order chi connectivity index (χ0) is 22.5. The Hall–Kier alpha value is -0.770. The van der Waals surface area contributed by atoms with E-state index < -0.39 is 24.3 Å². The molecule has 0 aromatic rings. The van der Waals surface area contributed by atoms with Crippen molar-refractivity contribution < 1.29 is 40.5 Å². The highest BCUT2D eigenvalue weighted by Gasteiger charge is 2.35. The Morgan fingerprint density at radius 2 is 0.966 bits per heavy atom. The van der Waals surface area contributed by atoms with Crippen molar-refractivity contribution in [3.8, 4) is 0 Å². The standard InChI is InChI=1S/C18H36O2.C3H8O6/c1-2-3-4-5-6-7-8-9-10-11-12-13-14-15-16-17-18(19)20;4-1(2(5)6)3(7,8)9/h2-17H2,1H3,(H,19,20);1-2,4-9H. The molecule has 7 N–H and O–H groups in total. The minimum absolute atomic E-state index is 0.345. The molecular weight excluding hydrogens is 380 g/mol. The molecule has 0 saturated heterocycles. The molecule has 8 heteroatoms. The van der Waals surface area contributed by atoms with Crippen LogP contribution in [0.3, 0.4) is 0 Å². The van der Waals surface area contributed by atoms with Gasteiger partial charge in [0.25, 0.3) is 0 Å². The van der Waals surface area contributed by atoms with Crippen LogP contribution >= 0.6 is 0 Å². The second-order valence-electron chi connectivity index (χ2n) is 7.64. The van der Waals surface area contributed by atoms with E-state index in [2.05, 4.69) is 6.92 Å². The summed E-state index contributed by atoms with van der Waals surface area (Å²) in [7, 11) is 0. The molecule has 0 radical (unpaired) electrons. The average molecular weight is 425 g/mol. The molecule has 0 spiro atoms. The van der Waals surface area contributed by atoms with E-state index >= 15 is 0 Å². The maximum Gasteiger partial charge on any atom is 0.308 e. The number of rotatable bonds is 18. The van der Waals surface area contributed by atoms with Gasteiger partial charge in [-0.2, -0.15) is 0 Å². The highest BCUT2D eigenvalue weighted by atomic mass is 16.7. The highest BCUT2D eigenvalue weighted by molar-refractivity contribution is 5.66. The van der Waals surface area contributed by atoms with Crippen LogP contribution in [-0.4, -0.2) is 60.1 Å². The lowest BCUT2D eigenvalue weighted by atomic mass is 10.0. The fourth-order valence-corrected chi connectivity index (χ4v) is 2.85. The molecule has 0 saturated carbocycles. The second kappa shape index (κ2) is 20.5. The second-order valence-corrected chi connectivity index (χ2v) is 7.64. The zero-order valence-electron chi connectivity index (χ0n) is 18.0. The lowest BCUT2D eigenvalue weighted by Crippen LogP contribution is -2.48. The molecule has 1 atom stereocenters. The molecule has 0 rings (SSSR count). The molecular formula is C21H44O8. The first-order valence-electron chi connectivity index (χ1n) is 11.1. The van der Waals surface area contributed by atoms with Crippen LogP contribution < -0.4 is 0 Å². The molecule has 0 aliphatic rings. The molecule has 29 heavy (non-hydrogen) atoms. The summed E-state index contributed by atoms with van der Waals surface area (Å²) in [6, 6.07) is 0. The molecule has 0 aliphatic heterocycles. The number of unbranched alkanes of at least 4 members (excludes halogenated alkanes) is 14. The zero-order valence-corrected chi connectivity index (χ0v) is 18.0. The van der Waals surface area contributed by atoms with Crippen LogP contribution in [0.1, 0.15) is 110 Å². The first kappa shape index (κ1) is 30.4. The van der Waals surface area contributed by atoms with Gasteiger partial charge < -0.3 is 35.7 Å². The Morgan fingerprint density at radius 1 is 0.655 bits per heavy atom. The van der Waals surface area contributed by atoms with E-state index in [4.69, 9.17) is 35.7 Å². The number of hydrogen-bond acceptors (Lipinski definition) is 7. The van der Waals surface area contributed by atoms with Crippen molar-refractivity contribution in [3.63, 3.8) is 0 Å². The normalized spacial score (nSPS) is 12.6. The summed E-state index contributed by atoms with van der Waals surface area (Å²) in [4.78, 5) is 10.3. The van der Waals surface area contributed by atoms with E-state index in [-0.39, 0.29) is 0 Å². The van der Waals surface area contributed by atoms with Gasteiger partial charge in [-0.25, -0.2) is 0 Å². The fourth-order valence-electron chi connectivity index (χ4n) is 2.85. The van der Waals surface area contributed by atoms with Gasteiger partial charge in [0.2, 0.25) is 0 Å². The van der Waals surface area contributed by atoms with Gasteiger partial charge in [0.1, 0.15) is 0 Å². The molecule has 0 amide bonds. The van der Waals surface area contributed by atoms with Crippen LogP contribution in [0, 0.1) is 0 Å². The minimum atomic E-state index is -3.46. The number of carboxylic acid groups (broad SMARTS) is 1. The summed E-state index contributed by atoms with van der Waals surface area (Å²) >= 11 is 0. The smallest absolute Gasteiger partial charge is 0.308 e. The van der Waals surface area contributed by atoms with Crippen LogP contribution in [0.2, 0.25) is 0 Å². The average Bonchev–Trinajstić information content (AvgIpc) is 2.63. The Morgan fingerprint density at radius 3 is 1.17 bits per heavy atom. The molecule has 0 heterocycles. The maximum absolute atomic E-state index is 10.3. The van der Waals surface area contributed by atoms with E-state index in [0.717, 1.165) is 12.8 Å². The van der Waals surface area contributed by atoms with Gasteiger partial charge in [0.05, 0.1) is 0 Å². The third-order valence-electron chi connectivity index (χ3n) is 4.67. The summed E-state index contributed by atoms with van der Waals surface area (Å²) in [5.41, 5.74) is 0. The van der Waals surface area contributed by atoms with Crippen molar-refractivity contribution >= 4 is 5.97 Å². The number of aliphatic carboxylic acids is 1. The summed E-state index contributed by atoms with van der Waals surface area (Å²) in [6.45, 7) is 2.27. The van der Waals surface area contributed by atoms with Crippen LogP contribution in [0.4, 0.5) is 0 Å². The topological polar surface area (TPSA) is 159 Å². The molecule has 0 fully saturated rings. The van der Waals surface area contributed by atoms with Crippen LogP contribution in [0.25, 0.3) is 0 Å². The summed E-state index contributed by atoms with van der Waals surface area (Å²) in [6.07, 6.45) is 15.4. The van der Waals surface area contributed by atoms with Gasteiger partial charge in [0, 0.05) is 6.42 Å². The largest absolute Gasteiger partial charge is 0.481 e. The van der Waals surface area contributed by atoms with Gasteiger partial charge in [-0.05, 0) is 6.42 Å². The fraction of sp³-hybridized carbons (Fsp3) is 0.952. The molecule has 0 bridgehead atoms. The van der Waals surface area contributed by atoms with E-state index in [1.54, 1.807) is 0 Å². The van der Waals surface area contributed by atoms with Crippen LogP contribution in [0.5, 0.6) is 0 Å². The molecule has 0 aromatic heterocycles. The number of carbonyl (C=O) groups is 1. The summed E-state index contributed by atoms with van der Waals surface area (Å²) in [5.74, 6) is -4.12. The highest BCUT2D eigenvalue weighted by Crippen LogP contribution is 2.13. The summed E-state index contributed by atoms with van der Waals surface area (Å²) in [5, 5.41) is 56.7. The Labute approximate surface area is 175 Å². The first-order chi connectivity index (χ1) is 13.6. The molecule has 1 unspecified atom stereocenters. The van der Waals surface area contributed by atoms with Crippen molar-refractivity contribution in [1.29, 1.82) is 0 Å². The maximum atomic E-state index is 10.3. The van der Waals surface area contributed by atoms with Gasteiger partial charge >= 0.3 is 11.9 Å². The Kier molecular flexibility index (Phi) is 21.5. The van der Waals surface area contributed by atoms with Crippen LogP contribution in [0.15, 0.2) is 0 Å².